The van der Waals surface area contributed by atoms with E-state index in [0.717, 1.165) is 58.4 Å². The molecule has 1 atom stereocenters. The maximum absolute atomic E-state index is 12.6. The Kier molecular flexibility index (Phi) is 4.45. The molecule has 0 aromatic carbocycles. The van der Waals surface area contributed by atoms with Crippen molar-refractivity contribution in [3.05, 3.63) is 0 Å². The summed E-state index contributed by atoms with van der Waals surface area (Å²) < 4.78 is 0. The summed E-state index contributed by atoms with van der Waals surface area (Å²) in [6.07, 6.45) is 4.17. The molecule has 118 valence electrons. The number of nitrogens with zero attached hydrogens (tertiary/aromatic N) is 3. The molecule has 0 aromatic rings. The van der Waals surface area contributed by atoms with E-state index in [4.69, 9.17) is 0 Å². The van der Waals surface area contributed by atoms with Gasteiger partial charge in [0.25, 0.3) is 0 Å². The van der Waals surface area contributed by atoms with Gasteiger partial charge in [-0.05, 0) is 32.2 Å². The highest BCUT2D eigenvalue weighted by atomic mass is 16.2. The molecule has 0 bridgehead atoms. The Bertz CT molecular complexity index is 404. The maximum Gasteiger partial charge on any atom is 0.240 e. The molecule has 2 heterocycles. The first kappa shape index (κ1) is 14.8. The van der Waals surface area contributed by atoms with E-state index < -0.39 is 0 Å². The number of nitrogens with one attached hydrogen (secondary N) is 1. The van der Waals surface area contributed by atoms with Gasteiger partial charge in [0.05, 0.1) is 12.6 Å². The van der Waals surface area contributed by atoms with Crippen molar-refractivity contribution in [3.8, 4) is 0 Å². The Morgan fingerprint density at radius 3 is 2.52 bits per heavy atom. The molecular weight excluding hydrogens is 268 g/mol. The third kappa shape index (κ3) is 3.37. The zero-order valence-electron chi connectivity index (χ0n) is 12.9. The molecule has 0 radical (unpaired) electrons. The van der Waals surface area contributed by atoms with Crippen molar-refractivity contribution >= 4 is 11.8 Å². The van der Waals surface area contributed by atoms with Crippen LogP contribution >= 0.6 is 0 Å². The molecule has 2 amide bonds. The number of piperazine rings is 1. The SMILES string of the molecule is CN(C(=O)CN1CCCC1C(=O)N1CCNCC1)C1CC1. The van der Waals surface area contributed by atoms with Gasteiger partial charge in [-0.15, -0.1) is 0 Å². The molecule has 3 rings (SSSR count). The zero-order valence-corrected chi connectivity index (χ0v) is 12.9. The number of hydrogen-bond acceptors (Lipinski definition) is 4. The van der Waals surface area contributed by atoms with Crippen LogP contribution in [0.3, 0.4) is 0 Å². The van der Waals surface area contributed by atoms with Gasteiger partial charge in [-0.3, -0.25) is 14.5 Å². The van der Waals surface area contributed by atoms with Gasteiger partial charge in [0, 0.05) is 39.3 Å². The van der Waals surface area contributed by atoms with Crippen molar-refractivity contribution in [2.24, 2.45) is 0 Å². The first-order valence-corrected chi connectivity index (χ1v) is 8.16. The van der Waals surface area contributed by atoms with Crippen molar-refractivity contribution in [2.75, 3.05) is 46.3 Å². The van der Waals surface area contributed by atoms with Crippen LogP contribution in [0, 0.1) is 0 Å². The monoisotopic (exact) mass is 294 g/mol. The lowest BCUT2D eigenvalue weighted by Gasteiger charge is -2.33. The lowest BCUT2D eigenvalue weighted by molar-refractivity contribution is -0.138. The Balaban J connectivity index is 1.56. The van der Waals surface area contributed by atoms with Crippen LogP contribution in [0.5, 0.6) is 0 Å². The highest BCUT2D eigenvalue weighted by molar-refractivity contribution is 5.84. The van der Waals surface area contributed by atoms with E-state index >= 15 is 0 Å². The number of likely N-dealkylation sites (N-methyl/N-ethyl adjacent to an activating group) is 1. The summed E-state index contributed by atoms with van der Waals surface area (Å²) in [6.45, 7) is 4.60. The van der Waals surface area contributed by atoms with Crippen molar-refractivity contribution in [2.45, 2.75) is 37.8 Å². The predicted molar refractivity (Wildman–Crippen MR) is 79.8 cm³/mol. The minimum atomic E-state index is -0.0837. The van der Waals surface area contributed by atoms with Gasteiger partial charge in [-0.1, -0.05) is 0 Å². The van der Waals surface area contributed by atoms with Crippen LogP contribution in [0.2, 0.25) is 0 Å². The molecule has 21 heavy (non-hydrogen) atoms. The van der Waals surface area contributed by atoms with Gasteiger partial charge in [0.15, 0.2) is 0 Å². The molecule has 6 heteroatoms. The van der Waals surface area contributed by atoms with Gasteiger partial charge in [-0.25, -0.2) is 0 Å². The van der Waals surface area contributed by atoms with E-state index in [-0.39, 0.29) is 17.9 Å². The third-order valence-corrected chi connectivity index (χ3v) is 4.90. The van der Waals surface area contributed by atoms with Crippen molar-refractivity contribution in [1.29, 1.82) is 0 Å². The lowest BCUT2D eigenvalue weighted by Crippen LogP contribution is -2.53. The standard InChI is InChI=1S/C15H26N4O2/c1-17(12-4-5-12)14(20)11-19-8-2-3-13(19)15(21)18-9-6-16-7-10-18/h12-13,16H,2-11H2,1H3. The molecule has 6 nitrogen and oxygen atoms in total. The number of carbonyl (C=O) groups excluding carboxylic acids is 2. The summed E-state index contributed by atoms with van der Waals surface area (Å²) in [5.41, 5.74) is 0. The minimum Gasteiger partial charge on any atom is -0.342 e. The second-order valence-corrected chi connectivity index (χ2v) is 6.44. The predicted octanol–water partition coefficient (Wildman–Crippen LogP) is -0.497. The van der Waals surface area contributed by atoms with Gasteiger partial charge in [-0.2, -0.15) is 0 Å². The molecule has 1 unspecified atom stereocenters. The first-order chi connectivity index (χ1) is 10.2. The summed E-state index contributed by atoms with van der Waals surface area (Å²) in [6, 6.07) is 0.363. The van der Waals surface area contributed by atoms with Gasteiger partial charge in [0.2, 0.25) is 11.8 Å². The Morgan fingerprint density at radius 2 is 1.86 bits per heavy atom. The van der Waals surface area contributed by atoms with Gasteiger partial charge < -0.3 is 15.1 Å². The fraction of sp³-hybridized carbons (Fsp3) is 0.867. The van der Waals surface area contributed by atoms with E-state index in [1.165, 1.54) is 0 Å². The highest BCUT2D eigenvalue weighted by Crippen LogP contribution is 2.26. The van der Waals surface area contributed by atoms with E-state index in [1.807, 2.05) is 16.8 Å². The molecule has 2 aliphatic heterocycles. The summed E-state index contributed by atoms with van der Waals surface area (Å²) in [5.74, 6) is 0.383. The lowest BCUT2D eigenvalue weighted by atomic mass is 10.1. The van der Waals surface area contributed by atoms with Crippen LogP contribution in [0.25, 0.3) is 0 Å². The first-order valence-electron chi connectivity index (χ1n) is 8.16. The zero-order chi connectivity index (χ0) is 14.8. The molecule has 0 aromatic heterocycles. The van der Waals surface area contributed by atoms with E-state index in [2.05, 4.69) is 10.2 Å². The van der Waals surface area contributed by atoms with E-state index in [1.54, 1.807) is 0 Å². The number of hydrogen-bond donors (Lipinski definition) is 1. The van der Waals surface area contributed by atoms with Crippen LogP contribution in [-0.2, 0) is 9.59 Å². The highest BCUT2D eigenvalue weighted by Gasteiger charge is 2.37. The Labute approximate surface area is 126 Å². The number of carbonyl (C=O) groups is 2. The molecular formula is C15H26N4O2. The number of likely N-dealkylation sites (tertiary alicyclic amines) is 1. The van der Waals surface area contributed by atoms with Crippen LogP contribution in [0.15, 0.2) is 0 Å². The van der Waals surface area contributed by atoms with Crippen molar-refractivity contribution in [3.63, 3.8) is 0 Å². The number of amides is 2. The summed E-state index contributed by atoms with van der Waals surface area (Å²) >= 11 is 0. The largest absolute Gasteiger partial charge is 0.342 e. The number of rotatable bonds is 4. The molecule has 1 N–H and O–H groups in total. The summed E-state index contributed by atoms with van der Waals surface area (Å²) in [4.78, 5) is 30.8. The summed E-state index contributed by atoms with van der Waals surface area (Å²) in [5, 5.41) is 3.27. The summed E-state index contributed by atoms with van der Waals surface area (Å²) in [7, 11) is 1.89. The van der Waals surface area contributed by atoms with E-state index in [0.29, 0.717) is 12.6 Å². The van der Waals surface area contributed by atoms with Crippen LogP contribution in [-0.4, -0.2) is 84.9 Å². The minimum absolute atomic E-state index is 0.0837. The molecule has 2 saturated heterocycles. The Morgan fingerprint density at radius 1 is 1.14 bits per heavy atom. The average Bonchev–Trinajstić information content (AvgIpc) is 3.26. The second kappa shape index (κ2) is 6.32. The molecule has 1 saturated carbocycles. The fourth-order valence-electron chi connectivity index (χ4n) is 3.34. The Hall–Kier alpha value is -1.14. The second-order valence-electron chi connectivity index (χ2n) is 6.44. The van der Waals surface area contributed by atoms with Crippen molar-refractivity contribution < 1.29 is 9.59 Å². The van der Waals surface area contributed by atoms with Crippen LogP contribution in [0.4, 0.5) is 0 Å². The molecule has 0 spiro atoms. The maximum atomic E-state index is 12.6. The smallest absolute Gasteiger partial charge is 0.240 e. The van der Waals surface area contributed by atoms with Crippen LogP contribution < -0.4 is 5.32 Å². The van der Waals surface area contributed by atoms with Crippen LogP contribution in [0.1, 0.15) is 25.7 Å². The molecule has 3 aliphatic rings. The van der Waals surface area contributed by atoms with Crippen molar-refractivity contribution in [1.82, 2.24) is 20.0 Å². The normalized spacial score (nSPS) is 26.9. The quantitative estimate of drug-likeness (QED) is 0.760. The van der Waals surface area contributed by atoms with Gasteiger partial charge in [0.1, 0.15) is 0 Å². The third-order valence-electron chi connectivity index (χ3n) is 4.90. The average molecular weight is 294 g/mol. The molecule has 3 fully saturated rings. The van der Waals surface area contributed by atoms with E-state index in [9.17, 15) is 9.59 Å². The van der Waals surface area contributed by atoms with Gasteiger partial charge >= 0.3 is 0 Å². The molecule has 1 aliphatic carbocycles. The fourth-order valence-corrected chi connectivity index (χ4v) is 3.34. The topological polar surface area (TPSA) is 55.9 Å².